The molecule has 0 saturated carbocycles. The molecule has 0 saturated heterocycles. The zero-order chi connectivity index (χ0) is 8.10. The third-order valence-electron chi connectivity index (χ3n) is 1.61. The molecule has 0 aromatic heterocycles. The van der Waals surface area contributed by atoms with E-state index in [-0.39, 0.29) is 0 Å². The van der Waals surface area contributed by atoms with E-state index in [2.05, 4.69) is 5.32 Å². The molecule has 0 spiro atoms. The van der Waals surface area contributed by atoms with Crippen LogP contribution in [0.3, 0.4) is 0 Å². The Balaban J connectivity index is 2.85. The van der Waals surface area contributed by atoms with Crippen LogP contribution in [0.5, 0.6) is 0 Å². The van der Waals surface area contributed by atoms with E-state index in [4.69, 9.17) is 5.41 Å². The minimum atomic E-state index is 0.893. The summed E-state index contributed by atoms with van der Waals surface area (Å²) < 4.78 is 0. The lowest BCUT2D eigenvalue weighted by atomic mass is 10.1. The summed E-state index contributed by atoms with van der Waals surface area (Å²) in [5, 5.41) is 10.2. The fourth-order valence-corrected chi connectivity index (χ4v) is 0.963. The standard InChI is InChI=1S/C9H12N2/c1-2-8(7-10)9-5-3-4-6-11-9/h3-7,10-11H,2H2,1H3/b9-8-,10-7?. The number of hydrogen-bond acceptors (Lipinski definition) is 2. The van der Waals surface area contributed by atoms with Gasteiger partial charge in [0.1, 0.15) is 0 Å². The Kier molecular flexibility index (Phi) is 2.66. The second kappa shape index (κ2) is 3.76. The largest absolute Gasteiger partial charge is 0.361 e. The number of rotatable bonds is 2. The van der Waals surface area contributed by atoms with Gasteiger partial charge in [-0.25, -0.2) is 0 Å². The Bertz CT molecular complexity index is 234. The number of dihydropyridines is 1. The molecule has 0 aromatic carbocycles. The molecule has 1 rings (SSSR count). The fourth-order valence-electron chi connectivity index (χ4n) is 0.963. The maximum Gasteiger partial charge on any atom is 0.0427 e. The van der Waals surface area contributed by atoms with E-state index in [1.54, 1.807) is 0 Å². The molecule has 0 amide bonds. The second-order valence-corrected chi connectivity index (χ2v) is 2.30. The number of hydrogen-bond donors (Lipinski definition) is 2. The van der Waals surface area contributed by atoms with Crippen molar-refractivity contribution in [1.82, 2.24) is 5.32 Å². The van der Waals surface area contributed by atoms with Crippen LogP contribution in [0.25, 0.3) is 0 Å². The fraction of sp³-hybridized carbons (Fsp3) is 0.222. The summed E-state index contributed by atoms with van der Waals surface area (Å²) in [6, 6.07) is 0. The third-order valence-corrected chi connectivity index (χ3v) is 1.61. The van der Waals surface area contributed by atoms with Gasteiger partial charge in [-0.2, -0.15) is 0 Å². The molecule has 0 fully saturated rings. The summed E-state index contributed by atoms with van der Waals surface area (Å²) in [6.45, 7) is 2.04. The lowest BCUT2D eigenvalue weighted by Gasteiger charge is -2.08. The predicted octanol–water partition coefficient (Wildman–Crippen LogP) is 1.97. The van der Waals surface area contributed by atoms with Gasteiger partial charge in [-0.1, -0.05) is 13.0 Å². The second-order valence-electron chi connectivity index (χ2n) is 2.30. The molecule has 2 N–H and O–H groups in total. The van der Waals surface area contributed by atoms with Crippen LogP contribution in [0.15, 0.2) is 35.7 Å². The minimum absolute atomic E-state index is 0.893. The van der Waals surface area contributed by atoms with E-state index < -0.39 is 0 Å². The van der Waals surface area contributed by atoms with E-state index in [0.717, 1.165) is 17.7 Å². The molecular weight excluding hydrogens is 136 g/mol. The molecule has 0 atom stereocenters. The first-order valence-corrected chi connectivity index (χ1v) is 3.72. The van der Waals surface area contributed by atoms with Gasteiger partial charge in [0.05, 0.1) is 0 Å². The van der Waals surface area contributed by atoms with Gasteiger partial charge in [-0.05, 0) is 24.1 Å². The highest BCUT2D eigenvalue weighted by Crippen LogP contribution is 2.07. The van der Waals surface area contributed by atoms with Crippen molar-refractivity contribution in [3.63, 3.8) is 0 Å². The van der Waals surface area contributed by atoms with Crippen molar-refractivity contribution < 1.29 is 0 Å². The van der Waals surface area contributed by atoms with E-state index in [1.165, 1.54) is 6.21 Å². The van der Waals surface area contributed by atoms with Crippen molar-refractivity contribution >= 4 is 6.21 Å². The monoisotopic (exact) mass is 148 g/mol. The van der Waals surface area contributed by atoms with E-state index >= 15 is 0 Å². The normalized spacial score (nSPS) is 19.4. The van der Waals surface area contributed by atoms with Crippen LogP contribution in [0.4, 0.5) is 0 Å². The Morgan fingerprint density at radius 3 is 2.91 bits per heavy atom. The van der Waals surface area contributed by atoms with Crippen LogP contribution in [0.2, 0.25) is 0 Å². The molecule has 11 heavy (non-hydrogen) atoms. The summed E-state index contributed by atoms with van der Waals surface area (Å²) in [4.78, 5) is 0. The van der Waals surface area contributed by atoms with E-state index in [1.807, 2.05) is 31.4 Å². The van der Waals surface area contributed by atoms with Gasteiger partial charge in [0.25, 0.3) is 0 Å². The molecule has 0 unspecified atom stereocenters. The van der Waals surface area contributed by atoms with Crippen molar-refractivity contribution in [3.05, 3.63) is 35.7 Å². The van der Waals surface area contributed by atoms with Crippen LogP contribution in [0, 0.1) is 5.41 Å². The SMILES string of the molecule is CC/C(C=N)=C1\C=CC=CN1. The molecule has 0 radical (unpaired) electrons. The van der Waals surface area contributed by atoms with Crippen LogP contribution in [-0.2, 0) is 0 Å². The lowest BCUT2D eigenvalue weighted by Crippen LogP contribution is -2.08. The molecule has 0 aliphatic carbocycles. The van der Waals surface area contributed by atoms with E-state index in [0.29, 0.717) is 0 Å². The highest BCUT2D eigenvalue weighted by molar-refractivity contribution is 5.77. The molecule has 1 heterocycles. The molecule has 2 heteroatoms. The predicted molar refractivity (Wildman–Crippen MR) is 47.5 cm³/mol. The average Bonchev–Trinajstić information content (AvgIpc) is 2.09. The van der Waals surface area contributed by atoms with Crippen LogP contribution >= 0.6 is 0 Å². The van der Waals surface area contributed by atoms with Gasteiger partial charge in [0.15, 0.2) is 0 Å². The van der Waals surface area contributed by atoms with Crippen molar-refractivity contribution in [3.8, 4) is 0 Å². The zero-order valence-corrected chi connectivity index (χ0v) is 6.59. The van der Waals surface area contributed by atoms with Gasteiger partial charge in [-0.15, -0.1) is 0 Å². The maximum absolute atomic E-state index is 7.12. The smallest absolute Gasteiger partial charge is 0.0427 e. The first kappa shape index (κ1) is 7.79. The van der Waals surface area contributed by atoms with E-state index in [9.17, 15) is 0 Å². The van der Waals surface area contributed by atoms with Crippen molar-refractivity contribution in [2.45, 2.75) is 13.3 Å². The van der Waals surface area contributed by atoms with Gasteiger partial charge in [0.2, 0.25) is 0 Å². The number of nitrogens with one attached hydrogen (secondary N) is 2. The molecule has 1 aliphatic rings. The summed E-state index contributed by atoms with van der Waals surface area (Å²) in [5.74, 6) is 0. The first-order chi connectivity index (χ1) is 5.38. The molecule has 1 aliphatic heterocycles. The van der Waals surface area contributed by atoms with Gasteiger partial charge in [-0.3, -0.25) is 0 Å². The van der Waals surface area contributed by atoms with Crippen LogP contribution in [0.1, 0.15) is 13.3 Å². The van der Waals surface area contributed by atoms with Crippen molar-refractivity contribution in [1.29, 1.82) is 5.41 Å². The quantitative estimate of drug-likeness (QED) is 0.577. The Labute approximate surface area is 66.8 Å². The lowest BCUT2D eigenvalue weighted by molar-refractivity contribution is 1.03. The molecule has 0 bridgehead atoms. The summed E-state index contributed by atoms with van der Waals surface area (Å²) >= 11 is 0. The zero-order valence-electron chi connectivity index (χ0n) is 6.59. The van der Waals surface area contributed by atoms with Gasteiger partial charge < -0.3 is 10.7 Å². The Morgan fingerprint density at radius 2 is 2.45 bits per heavy atom. The topological polar surface area (TPSA) is 35.9 Å². The minimum Gasteiger partial charge on any atom is -0.361 e. The average molecular weight is 148 g/mol. The highest BCUT2D eigenvalue weighted by Gasteiger charge is 1.98. The van der Waals surface area contributed by atoms with Crippen LogP contribution in [-0.4, -0.2) is 6.21 Å². The Hall–Kier alpha value is -1.31. The van der Waals surface area contributed by atoms with Crippen molar-refractivity contribution in [2.24, 2.45) is 0 Å². The van der Waals surface area contributed by atoms with Crippen LogP contribution < -0.4 is 5.32 Å². The number of allylic oxidation sites excluding steroid dienone is 4. The third kappa shape index (κ3) is 1.80. The summed E-state index contributed by atoms with van der Waals surface area (Å²) in [5.41, 5.74) is 2.07. The van der Waals surface area contributed by atoms with Gasteiger partial charge >= 0.3 is 0 Å². The highest BCUT2D eigenvalue weighted by atomic mass is 14.9. The molecule has 58 valence electrons. The first-order valence-electron chi connectivity index (χ1n) is 3.72. The molecule has 0 aromatic rings. The summed E-state index contributed by atoms with van der Waals surface area (Å²) in [6.07, 6.45) is 10.0. The Morgan fingerprint density at radius 1 is 1.64 bits per heavy atom. The summed E-state index contributed by atoms with van der Waals surface area (Å²) in [7, 11) is 0. The van der Waals surface area contributed by atoms with Crippen molar-refractivity contribution in [2.75, 3.05) is 0 Å². The maximum atomic E-state index is 7.12. The van der Waals surface area contributed by atoms with Gasteiger partial charge in [0, 0.05) is 18.1 Å². The molecular formula is C9H12N2. The molecule has 2 nitrogen and oxygen atoms in total.